The highest BCUT2D eigenvalue weighted by Gasteiger charge is 2.08. The fourth-order valence-corrected chi connectivity index (χ4v) is 1.74. The zero-order valence-corrected chi connectivity index (χ0v) is 9.14. The fraction of sp³-hybridized carbons (Fsp3) is 0.214. The normalized spacial score (nSPS) is 12.4. The summed E-state index contributed by atoms with van der Waals surface area (Å²) in [6.45, 7) is 4.31. The summed E-state index contributed by atoms with van der Waals surface area (Å²) in [5.74, 6) is 0.367. The van der Waals surface area contributed by atoms with E-state index >= 15 is 0 Å². The van der Waals surface area contributed by atoms with Crippen molar-refractivity contribution >= 4 is 0 Å². The van der Waals surface area contributed by atoms with Crippen LogP contribution in [0.2, 0.25) is 0 Å². The van der Waals surface area contributed by atoms with E-state index in [4.69, 9.17) is 0 Å². The molecule has 0 fully saturated rings. The molecule has 0 amide bonds. The molecule has 1 nitrogen and oxygen atoms in total. The van der Waals surface area contributed by atoms with Crippen LogP contribution in [0.3, 0.4) is 0 Å². The van der Waals surface area contributed by atoms with Gasteiger partial charge in [0.25, 0.3) is 0 Å². The largest absolute Gasteiger partial charge is 0.261 e. The molecule has 1 aromatic heterocycles. The topological polar surface area (TPSA) is 12.9 Å². The van der Waals surface area contributed by atoms with E-state index in [2.05, 4.69) is 49.2 Å². The molecule has 76 valence electrons. The Kier molecular flexibility index (Phi) is 2.82. The van der Waals surface area contributed by atoms with Gasteiger partial charge in [-0.05, 0) is 24.6 Å². The van der Waals surface area contributed by atoms with E-state index in [9.17, 15) is 0 Å². The number of hydrogen-bond donors (Lipinski definition) is 0. The number of hydrogen-bond acceptors (Lipinski definition) is 1. The van der Waals surface area contributed by atoms with Gasteiger partial charge in [-0.1, -0.05) is 42.8 Å². The van der Waals surface area contributed by atoms with Crippen LogP contribution in [0.1, 0.15) is 29.7 Å². The highest BCUT2D eigenvalue weighted by molar-refractivity contribution is 5.30. The first-order valence-corrected chi connectivity index (χ1v) is 5.25. The monoisotopic (exact) mass is 197 g/mol. The first kappa shape index (κ1) is 9.91. The lowest BCUT2D eigenvalue weighted by Gasteiger charge is -2.11. The second-order valence-electron chi connectivity index (χ2n) is 3.89. The number of pyridine rings is 1. The maximum Gasteiger partial charge on any atom is 0.0475 e. The summed E-state index contributed by atoms with van der Waals surface area (Å²) in [6.07, 6.45) is 1.85. The molecule has 0 aliphatic heterocycles. The number of benzene rings is 1. The lowest BCUT2D eigenvalue weighted by molar-refractivity contribution is 0.870. The molecule has 0 unspecified atom stereocenters. The Balaban J connectivity index is 2.32. The lowest BCUT2D eigenvalue weighted by Crippen LogP contribution is -1.98. The quantitative estimate of drug-likeness (QED) is 0.717. The van der Waals surface area contributed by atoms with E-state index in [1.165, 1.54) is 11.1 Å². The van der Waals surface area contributed by atoms with Crippen molar-refractivity contribution in [2.24, 2.45) is 0 Å². The minimum absolute atomic E-state index is 0.367. The summed E-state index contributed by atoms with van der Waals surface area (Å²) < 4.78 is 0. The molecule has 1 atom stereocenters. The SMILES string of the molecule is Cc1cccc([C@H](C)c2ccccn2)c1. The Bertz CT molecular complexity index is 434. The van der Waals surface area contributed by atoms with E-state index in [1.807, 2.05) is 18.3 Å². The summed E-state index contributed by atoms with van der Waals surface area (Å²) >= 11 is 0. The zero-order chi connectivity index (χ0) is 10.7. The summed E-state index contributed by atoms with van der Waals surface area (Å²) in [6, 6.07) is 14.7. The van der Waals surface area contributed by atoms with Crippen molar-refractivity contribution in [2.45, 2.75) is 19.8 Å². The molecule has 0 saturated heterocycles. The molecule has 1 heteroatoms. The van der Waals surface area contributed by atoms with E-state index in [-0.39, 0.29) is 0 Å². The van der Waals surface area contributed by atoms with Crippen molar-refractivity contribution in [1.82, 2.24) is 4.98 Å². The third-order valence-electron chi connectivity index (χ3n) is 2.67. The molecule has 0 aliphatic carbocycles. The van der Waals surface area contributed by atoms with E-state index in [0.717, 1.165) is 5.69 Å². The number of nitrogens with zero attached hydrogens (tertiary/aromatic N) is 1. The van der Waals surface area contributed by atoms with Gasteiger partial charge in [-0.2, -0.15) is 0 Å². The Morgan fingerprint density at radius 2 is 1.93 bits per heavy atom. The second-order valence-corrected chi connectivity index (χ2v) is 3.89. The predicted octanol–water partition coefficient (Wildman–Crippen LogP) is 3.54. The van der Waals surface area contributed by atoms with Crippen LogP contribution in [0, 0.1) is 6.92 Å². The van der Waals surface area contributed by atoms with Gasteiger partial charge >= 0.3 is 0 Å². The standard InChI is InChI=1S/C14H15N/c1-11-6-5-7-13(10-11)12(2)14-8-3-4-9-15-14/h3-10,12H,1-2H3/t12-/m0/s1. The molecule has 0 radical (unpaired) electrons. The second kappa shape index (κ2) is 4.26. The molecule has 1 aromatic carbocycles. The van der Waals surface area contributed by atoms with Crippen LogP contribution in [-0.2, 0) is 0 Å². The molecule has 1 heterocycles. The molecule has 0 N–H and O–H groups in total. The van der Waals surface area contributed by atoms with Gasteiger partial charge in [-0.25, -0.2) is 0 Å². The summed E-state index contributed by atoms with van der Waals surface area (Å²) in [5.41, 5.74) is 3.76. The molecular formula is C14H15N. The van der Waals surface area contributed by atoms with Crippen LogP contribution in [0.4, 0.5) is 0 Å². The molecule has 2 rings (SSSR count). The van der Waals surface area contributed by atoms with Gasteiger partial charge in [0, 0.05) is 17.8 Å². The Hall–Kier alpha value is -1.63. The van der Waals surface area contributed by atoms with Gasteiger partial charge in [-0.3, -0.25) is 4.98 Å². The van der Waals surface area contributed by atoms with Gasteiger partial charge < -0.3 is 0 Å². The van der Waals surface area contributed by atoms with Gasteiger partial charge in [0.15, 0.2) is 0 Å². The van der Waals surface area contributed by atoms with Gasteiger partial charge in [0.2, 0.25) is 0 Å². The maximum absolute atomic E-state index is 4.38. The minimum Gasteiger partial charge on any atom is -0.261 e. The third-order valence-corrected chi connectivity index (χ3v) is 2.67. The molecule has 0 spiro atoms. The van der Waals surface area contributed by atoms with Crippen molar-refractivity contribution in [3.63, 3.8) is 0 Å². The summed E-state index contributed by atoms with van der Waals surface area (Å²) in [5, 5.41) is 0. The van der Waals surface area contributed by atoms with Crippen molar-refractivity contribution in [1.29, 1.82) is 0 Å². The Morgan fingerprint density at radius 3 is 2.60 bits per heavy atom. The third kappa shape index (κ3) is 2.24. The number of aryl methyl sites for hydroxylation is 1. The summed E-state index contributed by atoms with van der Waals surface area (Å²) in [7, 11) is 0. The molecule has 0 aliphatic rings. The first-order chi connectivity index (χ1) is 7.27. The highest BCUT2D eigenvalue weighted by Crippen LogP contribution is 2.22. The van der Waals surface area contributed by atoms with Gasteiger partial charge in [0.05, 0.1) is 0 Å². The van der Waals surface area contributed by atoms with E-state index in [0.29, 0.717) is 5.92 Å². The molecule has 2 aromatic rings. The van der Waals surface area contributed by atoms with Crippen LogP contribution in [0.5, 0.6) is 0 Å². The smallest absolute Gasteiger partial charge is 0.0475 e. The van der Waals surface area contributed by atoms with Crippen molar-refractivity contribution in [2.75, 3.05) is 0 Å². The van der Waals surface area contributed by atoms with Gasteiger partial charge in [0.1, 0.15) is 0 Å². The Morgan fingerprint density at radius 1 is 1.07 bits per heavy atom. The van der Waals surface area contributed by atoms with Crippen molar-refractivity contribution in [3.8, 4) is 0 Å². The zero-order valence-electron chi connectivity index (χ0n) is 9.14. The highest BCUT2D eigenvalue weighted by atomic mass is 14.7. The van der Waals surface area contributed by atoms with Crippen LogP contribution in [-0.4, -0.2) is 4.98 Å². The molecular weight excluding hydrogens is 182 g/mol. The van der Waals surface area contributed by atoms with Crippen molar-refractivity contribution in [3.05, 3.63) is 65.5 Å². The average Bonchev–Trinajstić information content (AvgIpc) is 2.29. The van der Waals surface area contributed by atoms with Gasteiger partial charge in [-0.15, -0.1) is 0 Å². The molecule has 15 heavy (non-hydrogen) atoms. The predicted molar refractivity (Wildman–Crippen MR) is 62.9 cm³/mol. The van der Waals surface area contributed by atoms with Crippen LogP contribution >= 0.6 is 0 Å². The van der Waals surface area contributed by atoms with E-state index in [1.54, 1.807) is 0 Å². The number of rotatable bonds is 2. The first-order valence-electron chi connectivity index (χ1n) is 5.25. The summed E-state index contributed by atoms with van der Waals surface area (Å²) in [4.78, 5) is 4.38. The minimum atomic E-state index is 0.367. The van der Waals surface area contributed by atoms with Crippen LogP contribution < -0.4 is 0 Å². The lowest BCUT2D eigenvalue weighted by atomic mass is 9.96. The fourth-order valence-electron chi connectivity index (χ4n) is 1.74. The average molecular weight is 197 g/mol. The number of aromatic nitrogens is 1. The van der Waals surface area contributed by atoms with Crippen molar-refractivity contribution < 1.29 is 0 Å². The van der Waals surface area contributed by atoms with Crippen LogP contribution in [0.15, 0.2) is 48.7 Å². The Labute approximate surface area is 90.8 Å². The van der Waals surface area contributed by atoms with E-state index < -0.39 is 0 Å². The molecule has 0 saturated carbocycles. The van der Waals surface area contributed by atoms with Crippen LogP contribution in [0.25, 0.3) is 0 Å². The molecule has 0 bridgehead atoms. The maximum atomic E-state index is 4.38.